The number of ether oxygens (including phenoxy) is 1. The van der Waals surface area contributed by atoms with Gasteiger partial charge in [0.05, 0.1) is 24.6 Å². The number of methoxy groups -OCH3 is 1. The number of hydrogen-bond donors (Lipinski definition) is 1. The molecule has 1 heterocycles. The number of nitrogens with zero attached hydrogens (tertiary/aromatic N) is 1. The summed E-state index contributed by atoms with van der Waals surface area (Å²) in [6, 6.07) is 13.7. The molecule has 0 radical (unpaired) electrons. The quantitative estimate of drug-likeness (QED) is 0.482. The first kappa shape index (κ1) is 19.0. The number of thioether (sulfide) groups is 1. The molecule has 1 aromatic heterocycles. The number of carbonyl (C=O) groups excluding carboxylic acids is 2. The summed E-state index contributed by atoms with van der Waals surface area (Å²) in [5.74, 6) is 0.105. The molecule has 8 heteroatoms. The molecule has 0 fully saturated rings. The molecular weight excluding hydrogens is 388 g/mol. The number of oxazole rings is 1. The molecular formula is C19H15ClN2O4S. The van der Waals surface area contributed by atoms with E-state index in [-0.39, 0.29) is 11.7 Å². The van der Waals surface area contributed by atoms with Crippen molar-refractivity contribution in [2.75, 3.05) is 18.2 Å². The summed E-state index contributed by atoms with van der Waals surface area (Å²) in [7, 11) is 1.32. The SMILES string of the molecule is COC(=O)c1ccc(NC(=O)CSc2ncc(-c3ccc(Cl)cc3)o2)cc1. The van der Waals surface area contributed by atoms with E-state index in [1.165, 1.54) is 18.9 Å². The minimum Gasteiger partial charge on any atom is -0.465 e. The van der Waals surface area contributed by atoms with Crippen LogP contribution in [0, 0.1) is 0 Å². The molecule has 3 rings (SSSR count). The summed E-state index contributed by atoms with van der Waals surface area (Å²) in [6.45, 7) is 0. The average Bonchev–Trinajstić information content (AvgIpc) is 3.16. The van der Waals surface area contributed by atoms with Gasteiger partial charge in [0.25, 0.3) is 5.22 Å². The van der Waals surface area contributed by atoms with Crippen molar-refractivity contribution in [3.05, 3.63) is 65.3 Å². The van der Waals surface area contributed by atoms with E-state index >= 15 is 0 Å². The second kappa shape index (κ2) is 8.75. The first-order valence-electron chi connectivity index (χ1n) is 7.88. The largest absolute Gasteiger partial charge is 0.465 e. The van der Waals surface area contributed by atoms with E-state index in [9.17, 15) is 9.59 Å². The van der Waals surface area contributed by atoms with Gasteiger partial charge >= 0.3 is 5.97 Å². The summed E-state index contributed by atoms with van der Waals surface area (Å²) in [4.78, 5) is 27.6. The Morgan fingerprint density at radius 3 is 2.52 bits per heavy atom. The van der Waals surface area contributed by atoms with Crippen LogP contribution in [0.4, 0.5) is 5.69 Å². The zero-order valence-electron chi connectivity index (χ0n) is 14.3. The Kier molecular flexibility index (Phi) is 6.16. The smallest absolute Gasteiger partial charge is 0.337 e. The Morgan fingerprint density at radius 1 is 1.15 bits per heavy atom. The van der Waals surface area contributed by atoms with Gasteiger partial charge in [-0.25, -0.2) is 9.78 Å². The third-order valence-electron chi connectivity index (χ3n) is 3.53. The topological polar surface area (TPSA) is 81.4 Å². The van der Waals surface area contributed by atoms with Crippen LogP contribution in [0.1, 0.15) is 10.4 Å². The van der Waals surface area contributed by atoms with Gasteiger partial charge in [0.15, 0.2) is 5.76 Å². The number of aromatic nitrogens is 1. The normalized spacial score (nSPS) is 10.4. The monoisotopic (exact) mass is 402 g/mol. The van der Waals surface area contributed by atoms with Crippen LogP contribution in [0.3, 0.4) is 0 Å². The minimum absolute atomic E-state index is 0.138. The molecule has 0 aliphatic rings. The molecule has 0 unspecified atom stereocenters. The van der Waals surface area contributed by atoms with E-state index in [1.54, 1.807) is 42.6 Å². The van der Waals surface area contributed by atoms with E-state index in [2.05, 4.69) is 15.0 Å². The molecule has 2 aromatic carbocycles. The first-order valence-corrected chi connectivity index (χ1v) is 9.24. The van der Waals surface area contributed by atoms with Gasteiger partial charge in [0, 0.05) is 16.3 Å². The molecule has 3 aromatic rings. The molecule has 0 aliphatic carbocycles. The van der Waals surface area contributed by atoms with Gasteiger partial charge in [-0.15, -0.1) is 0 Å². The van der Waals surface area contributed by atoms with Crippen LogP contribution in [0.15, 0.2) is 64.4 Å². The van der Waals surface area contributed by atoms with Gasteiger partial charge in [-0.05, 0) is 48.5 Å². The van der Waals surface area contributed by atoms with Crippen molar-refractivity contribution in [1.82, 2.24) is 4.98 Å². The Bertz CT molecular complexity index is 939. The van der Waals surface area contributed by atoms with Gasteiger partial charge in [-0.1, -0.05) is 23.4 Å². The van der Waals surface area contributed by atoms with Crippen LogP contribution in [0.25, 0.3) is 11.3 Å². The third kappa shape index (κ3) is 5.12. The second-order valence-corrected chi connectivity index (χ2v) is 6.77. The highest BCUT2D eigenvalue weighted by Gasteiger charge is 2.11. The molecule has 0 bridgehead atoms. The Morgan fingerprint density at radius 2 is 1.85 bits per heavy atom. The Hall–Kier alpha value is -2.77. The lowest BCUT2D eigenvalue weighted by Crippen LogP contribution is -2.14. The van der Waals surface area contributed by atoms with Crippen molar-refractivity contribution in [2.24, 2.45) is 0 Å². The molecule has 0 atom stereocenters. The maximum Gasteiger partial charge on any atom is 0.337 e. The molecule has 1 amide bonds. The highest BCUT2D eigenvalue weighted by atomic mass is 35.5. The van der Waals surface area contributed by atoms with Gasteiger partial charge in [0.1, 0.15) is 0 Å². The van der Waals surface area contributed by atoms with Crippen LogP contribution in [0.5, 0.6) is 0 Å². The van der Waals surface area contributed by atoms with Crippen molar-refractivity contribution in [1.29, 1.82) is 0 Å². The predicted molar refractivity (Wildman–Crippen MR) is 104 cm³/mol. The molecule has 0 saturated heterocycles. The zero-order chi connectivity index (χ0) is 19.2. The molecule has 6 nitrogen and oxygen atoms in total. The molecule has 1 N–H and O–H groups in total. The maximum atomic E-state index is 12.1. The van der Waals surface area contributed by atoms with Crippen molar-refractivity contribution >= 4 is 40.9 Å². The lowest BCUT2D eigenvalue weighted by molar-refractivity contribution is -0.113. The van der Waals surface area contributed by atoms with Crippen molar-refractivity contribution < 1.29 is 18.7 Å². The fourth-order valence-corrected chi connectivity index (χ4v) is 2.93. The minimum atomic E-state index is -0.427. The fraction of sp³-hybridized carbons (Fsp3) is 0.105. The zero-order valence-corrected chi connectivity index (χ0v) is 15.8. The van der Waals surface area contributed by atoms with Crippen molar-refractivity contribution in [3.63, 3.8) is 0 Å². The summed E-state index contributed by atoms with van der Waals surface area (Å²) < 4.78 is 10.3. The number of nitrogens with one attached hydrogen (secondary N) is 1. The van der Waals surface area contributed by atoms with Crippen LogP contribution in [0.2, 0.25) is 5.02 Å². The third-order valence-corrected chi connectivity index (χ3v) is 4.62. The highest BCUT2D eigenvalue weighted by molar-refractivity contribution is 7.99. The molecule has 138 valence electrons. The average molecular weight is 403 g/mol. The van der Waals surface area contributed by atoms with Crippen molar-refractivity contribution in [2.45, 2.75) is 5.22 Å². The lowest BCUT2D eigenvalue weighted by Gasteiger charge is -2.05. The second-order valence-electron chi connectivity index (χ2n) is 5.40. The molecule has 0 saturated carbocycles. The Labute approximate surface area is 164 Å². The molecule has 0 spiro atoms. The van der Waals surface area contributed by atoms with Gasteiger partial charge < -0.3 is 14.5 Å². The summed E-state index contributed by atoms with van der Waals surface area (Å²) in [5, 5.41) is 3.79. The van der Waals surface area contributed by atoms with Gasteiger partial charge in [-0.2, -0.15) is 0 Å². The van der Waals surface area contributed by atoms with Crippen LogP contribution in [-0.2, 0) is 9.53 Å². The number of benzene rings is 2. The maximum absolute atomic E-state index is 12.1. The van der Waals surface area contributed by atoms with Crippen LogP contribution < -0.4 is 5.32 Å². The Balaban J connectivity index is 1.53. The van der Waals surface area contributed by atoms with Crippen LogP contribution >= 0.6 is 23.4 Å². The van der Waals surface area contributed by atoms with Crippen molar-refractivity contribution in [3.8, 4) is 11.3 Å². The summed E-state index contributed by atoms with van der Waals surface area (Å²) >= 11 is 7.06. The predicted octanol–water partition coefficient (Wildman–Crippen LogP) is 4.51. The molecule has 27 heavy (non-hydrogen) atoms. The summed E-state index contributed by atoms with van der Waals surface area (Å²) in [5.41, 5.74) is 1.86. The highest BCUT2D eigenvalue weighted by Crippen LogP contribution is 2.26. The van der Waals surface area contributed by atoms with E-state index in [4.69, 9.17) is 16.0 Å². The standard InChI is InChI=1S/C19H15ClN2O4S/c1-25-18(24)13-4-8-15(9-5-13)22-17(23)11-27-19-21-10-16(26-19)12-2-6-14(20)7-3-12/h2-10H,11H2,1H3,(H,22,23). The number of halogens is 1. The van der Waals surface area contributed by atoms with E-state index in [1.807, 2.05) is 12.1 Å². The number of amides is 1. The number of hydrogen-bond acceptors (Lipinski definition) is 6. The molecule has 0 aliphatic heterocycles. The number of anilines is 1. The van der Waals surface area contributed by atoms with E-state index < -0.39 is 5.97 Å². The number of rotatable bonds is 6. The summed E-state index contributed by atoms with van der Waals surface area (Å²) in [6.07, 6.45) is 1.61. The van der Waals surface area contributed by atoms with E-state index in [0.717, 1.165) is 5.56 Å². The van der Waals surface area contributed by atoms with E-state index in [0.29, 0.717) is 27.3 Å². The lowest BCUT2D eigenvalue weighted by atomic mass is 10.2. The number of carbonyl (C=O) groups is 2. The van der Waals surface area contributed by atoms with Gasteiger partial charge in [-0.3, -0.25) is 4.79 Å². The fourth-order valence-electron chi connectivity index (χ4n) is 2.20. The first-order chi connectivity index (χ1) is 13.0. The van der Waals surface area contributed by atoms with Gasteiger partial charge in [0.2, 0.25) is 5.91 Å². The van der Waals surface area contributed by atoms with Crippen LogP contribution in [-0.4, -0.2) is 29.7 Å². The number of esters is 1.